The fourth-order valence-corrected chi connectivity index (χ4v) is 3.99. The third kappa shape index (κ3) is 4.11. The van der Waals surface area contributed by atoms with E-state index in [0.717, 1.165) is 65.1 Å². The number of carbonyl (C=O) groups excluding carboxylic acids is 1. The van der Waals surface area contributed by atoms with E-state index in [1.54, 1.807) is 7.11 Å². The van der Waals surface area contributed by atoms with Gasteiger partial charge in [-0.15, -0.1) is 0 Å². The molecule has 3 aromatic rings. The number of benzene rings is 2. The van der Waals surface area contributed by atoms with E-state index in [0.29, 0.717) is 11.6 Å². The number of hydrogen-bond acceptors (Lipinski definition) is 4. The Labute approximate surface area is 178 Å². The van der Waals surface area contributed by atoms with Gasteiger partial charge in [0.05, 0.1) is 24.0 Å². The molecule has 4 rings (SSSR count). The summed E-state index contributed by atoms with van der Waals surface area (Å²) in [7, 11) is 1.66. The predicted molar refractivity (Wildman–Crippen MR) is 122 cm³/mol. The van der Waals surface area contributed by atoms with Crippen molar-refractivity contribution in [1.82, 2.24) is 9.88 Å². The second-order valence-corrected chi connectivity index (χ2v) is 8.38. The van der Waals surface area contributed by atoms with Gasteiger partial charge in [-0.25, -0.2) is 4.98 Å². The molecule has 0 unspecified atom stereocenters. The Balaban J connectivity index is 1.77. The van der Waals surface area contributed by atoms with E-state index in [9.17, 15) is 4.79 Å². The van der Waals surface area contributed by atoms with Crippen LogP contribution in [0.15, 0.2) is 42.5 Å². The fourth-order valence-electron chi connectivity index (χ4n) is 3.99. The maximum atomic E-state index is 13.2. The highest BCUT2D eigenvalue weighted by molar-refractivity contribution is 6.01. The van der Waals surface area contributed by atoms with Gasteiger partial charge in [-0.1, -0.05) is 24.6 Å². The van der Waals surface area contributed by atoms with E-state index in [4.69, 9.17) is 9.72 Å². The number of aryl methyl sites for hydroxylation is 2. The molecule has 5 nitrogen and oxygen atoms in total. The second-order valence-electron chi connectivity index (χ2n) is 8.38. The molecule has 30 heavy (non-hydrogen) atoms. The van der Waals surface area contributed by atoms with Crippen LogP contribution in [0.25, 0.3) is 10.9 Å². The molecule has 0 atom stereocenters. The molecule has 0 spiro atoms. The average molecular weight is 404 g/mol. The lowest BCUT2D eigenvalue weighted by atomic mass is 9.99. The van der Waals surface area contributed by atoms with Gasteiger partial charge >= 0.3 is 0 Å². The Bertz CT molecular complexity index is 1090. The van der Waals surface area contributed by atoms with Crippen LogP contribution in [0.4, 0.5) is 11.4 Å². The summed E-state index contributed by atoms with van der Waals surface area (Å²) in [5.41, 5.74) is 5.30. The molecule has 0 aliphatic carbocycles. The van der Waals surface area contributed by atoms with Crippen molar-refractivity contribution in [2.24, 2.45) is 5.92 Å². The molecule has 1 fully saturated rings. The monoisotopic (exact) mass is 403 g/mol. The van der Waals surface area contributed by atoms with E-state index in [-0.39, 0.29) is 5.91 Å². The Morgan fingerprint density at radius 2 is 1.73 bits per heavy atom. The average Bonchev–Trinajstić information content (AvgIpc) is 2.74. The molecule has 2 aromatic carbocycles. The highest BCUT2D eigenvalue weighted by Crippen LogP contribution is 2.33. The summed E-state index contributed by atoms with van der Waals surface area (Å²) in [4.78, 5) is 19.9. The minimum Gasteiger partial charge on any atom is -0.495 e. The molecule has 1 aromatic heterocycles. The maximum Gasteiger partial charge on any atom is 0.272 e. The summed E-state index contributed by atoms with van der Waals surface area (Å²) in [6.07, 6.45) is 2.09. The number of methoxy groups -OCH3 is 1. The summed E-state index contributed by atoms with van der Waals surface area (Å²) in [5.74, 6) is 1.44. The lowest BCUT2D eigenvalue weighted by molar-refractivity contribution is 0.0691. The largest absolute Gasteiger partial charge is 0.495 e. The summed E-state index contributed by atoms with van der Waals surface area (Å²) in [5, 5.41) is 4.49. The standard InChI is InChI=1S/C25H29N3O2/c1-16-9-11-28(12-10-16)25(29)23-15-21(19-13-17(2)5-7-20(19)26-23)27-22-14-18(3)6-8-24(22)30-4/h5-8,13-16H,9-12H2,1-4H3,(H,26,27). The molecule has 0 bridgehead atoms. The van der Waals surface area contributed by atoms with Crippen molar-refractivity contribution < 1.29 is 9.53 Å². The number of aromatic nitrogens is 1. The topological polar surface area (TPSA) is 54.5 Å². The van der Waals surface area contributed by atoms with Crippen molar-refractivity contribution in [3.63, 3.8) is 0 Å². The Morgan fingerprint density at radius 3 is 2.47 bits per heavy atom. The second kappa shape index (κ2) is 8.34. The first-order chi connectivity index (χ1) is 14.4. The Kier molecular flexibility index (Phi) is 5.62. The first-order valence-corrected chi connectivity index (χ1v) is 10.6. The number of hydrogen-bond donors (Lipinski definition) is 1. The van der Waals surface area contributed by atoms with Gasteiger partial charge in [0.15, 0.2) is 0 Å². The number of anilines is 2. The molecule has 1 amide bonds. The van der Waals surface area contributed by atoms with Crippen molar-refractivity contribution in [3.05, 3.63) is 59.3 Å². The van der Waals surface area contributed by atoms with Gasteiger partial charge in [-0.2, -0.15) is 0 Å². The van der Waals surface area contributed by atoms with E-state index >= 15 is 0 Å². The van der Waals surface area contributed by atoms with Crippen LogP contribution in [0.5, 0.6) is 5.75 Å². The van der Waals surface area contributed by atoms with Gasteiger partial charge in [0.2, 0.25) is 0 Å². The normalized spacial score (nSPS) is 14.7. The zero-order valence-corrected chi connectivity index (χ0v) is 18.2. The van der Waals surface area contributed by atoms with Crippen LogP contribution in [-0.2, 0) is 0 Å². The predicted octanol–water partition coefficient (Wildman–Crippen LogP) is 5.48. The van der Waals surface area contributed by atoms with Crippen molar-refractivity contribution in [2.75, 3.05) is 25.5 Å². The number of ether oxygens (including phenoxy) is 1. The van der Waals surface area contributed by atoms with E-state index in [2.05, 4.69) is 31.3 Å². The fraction of sp³-hybridized carbons (Fsp3) is 0.360. The van der Waals surface area contributed by atoms with Crippen LogP contribution in [0.1, 0.15) is 41.4 Å². The molecule has 5 heteroatoms. The van der Waals surface area contributed by atoms with Crippen LogP contribution in [0.2, 0.25) is 0 Å². The number of carbonyl (C=O) groups is 1. The smallest absolute Gasteiger partial charge is 0.272 e. The molecule has 1 aliphatic rings. The molecular formula is C25H29N3O2. The first kappa shape index (κ1) is 20.2. The summed E-state index contributed by atoms with van der Waals surface area (Å²) in [6.45, 7) is 7.94. The quantitative estimate of drug-likeness (QED) is 0.627. The number of likely N-dealkylation sites (tertiary alicyclic amines) is 1. The SMILES string of the molecule is COc1ccc(C)cc1Nc1cc(C(=O)N2CCC(C)CC2)nc2ccc(C)cc12. The van der Waals surface area contributed by atoms with Gasteiger partial charge in [0, 0.05) is 18.5 Å². The van der Waals surface area contributed by atoms with Crippen molar-refractivity contribution in [1.29, 1.82) is 0 Å². The maximum absolute atomic E-state index is 13.2. The van der Waals surface area contributed by atoms with Crippen molar-refractivity contribution >= 4 is 28.2 Å². The zero-order valence-electron chi connectivity index (χ0n) is 18.2. The number of pyridine rings is 1. The minimum atomic E-state index is 0.00336. The molecule has 1 saturated heterocycles. The van der Waals surface area contributed by atoms with Gasteiger partial charge < -0.3 is 15.0 Å². The molecule has 1 N–H and O–H groups in total. The van der Waals surface area contributed by atoms with Crippen molar-refractivity contribution in [2.45, 2.75) is 33.6 Å². The number of piperidine rings is 1. The summed E-state index contributed by atoms with van der Waals surface area (Å²) < 4.78 is 5.54. The number of nitrogens with zero attached hydrogens (tertiary/aromatic N) is 2. The van der Waals surface area contributed by atoms with E-state index < -0.39 is 0 Å². The Hall–Kier alpha value is -3.08. The van der Waals surface area contributed by atoms with Crippen molar-refractivity contribution in [3.8, 4) is 5.75 Å². The molecule has 2 heterocycles. The number of fused-ring (bicyclic) bond motifs is 1. The zero-order chi connectivity index (χ0) is 21.3. The first-order valence-electron chi connectivity index (χ1n) is 10.6. The van der Waals surface area contributed by atoms with Gasteiger partial charge in [-0.05, 0) is 68.5 Å². The third-order valence-electron chi connectivity index (χ3n) is 5.88. The third-order valence-corrected chi connectivity index (χ3v) is 5.88. The Morgan fingerprint density at radius 1 is 1.03 bits per heavy atom. The minimum absolute atomic E-state index is 0.00336. The van der Waals surface area contributed by atoms with Gasteiger partial charge in [-0.3, -0.25) is 4.79 Å². The number of rotatable bonds is 4. The van der Waals surface area contributed by atoms with Crippen LogP contribution in [0, 0.1) is 19.8 Å². The van der Waals surface area contributed by atoms with Crippen LogP contribution < -0.4 is 10.1 Å². The highest BCUT2D eigenvalue weighted by Gasteiger charge is 2.23. The van der Waals surface area contributed by atoms with Crippen LogP contribution in [-0.4, -0.2) is 36.0 Å². The van der Waals surface area contributed by atoms with Gasteiger partial charge in [0.25, 0.3) is 5.91 Å². The molecular weight excluding hydrogens is 374 g/mol. The van der Waals surface area contributed by atoms with E-state index in [1.807, 2.05) is 42.2 Å². The summed E-state index contributed by atoms with van der Waals surface area (Å²) in [6, 6.07) is 14.0. The number of amides is 1. The molecule has 0 radical (unpaired) electrons. The van der Waals surface area contributed by atoms with E-state index in [1.165, 1.54) is 0 Å². The van der Waals surface area contributed by atoms with Gasteiger partial charge in [0.1, 0.15) is 11.4 Å². The molecule has 156 valence electrons. The molecule has 1 aliphatic heterocycles. The van der Waals surface area contributed by atoms with Crippen LogP contribution in [0.3, 0.4) is 0 Å². The number of nitrogens with one attached hydrogen (secondary N) is 1. The lowest BCUT2D eigenvalue weighted by Crippen LogP contribution is -2.38. The van der Waals surface area contributed by atoms with Crippen LogP contribution >= 0.6 is 0 Å². The summed E-state index contributed by atoms with van der Waals surface area (Å²) >= 11 is 0. The highest BCUT2D eigenvalue weighted by atomic mass is 16.5. The lowest BCUT2D eigenvalue weighted by Gasteiger charge is -2.30. The molecule has 0 saturated carbocycles.